The van der Waals surface area contributed by atoms with E-state index in [-0.39, 0.29) is 0 Å². The Morgan fingerprint density at radius 2 is 1.27 bits per heavy atom. The molecule has 4 rings (SSSR count). The van der Waals surface area contributed by atoms with Crippen LogP contribution in [0.5, 0.6) is 0 Å². The van der Waals surface area contributed by atoms with Crippen LogP contribution in [0.2, 0.25) is 0 Å². The minimum absolute atomic E-state index is 0.637. The molecule has 0 bridgehead atoms. The van der Waals surface area contributed by atoms with E-state index >= 15 is 0 Å². The molecule has 30 heavy (non-hydrogen) atoms. The molecule has 1 aliphatic heterocycles. The number of benzene rings is 3. The van der Waals surface area contributed by atoms with Gasteiger partial charge in [0.1, 0.15) is 3.74 Å². The molecule has 0 aliphatic carbocycles. The van der Waals surface area contributed by atoms with Crippen molar-refractivity contribution in [3.63, 3.8) is 0 Å². The molecule has 0 saturated carbocycles. The van der Waals surface area contributed by atoms with Crippen LogP contribution < -0.4 is 14.0 Å². The molecule has 1 atom stereocenters. The monoisotopic (exact) mass is 456 g/mol. The van der Waals surface area contributed by atoms with E-state index < -0.39 is 20.0 Å². The molecule has 1 aliphatic rings. The third-order valence-corrected chi connectivity index (χ3v) is 8.71. The molecular weight excluding hydrogens is 440 g/mol. The van der Waals surface area contributed by atoms with Crippen molar-refractivity contribution in [2.75, 3.05) is 0 Å². The zero-order valence-corrected chi connectivity index (χ0v) is 18.0. The zero-order chi connectivity index (χ0) is 21.0. The molecule has 152 valence electrons. The highest BCUT2D eigenvalue weighted by molar-refractivity contribution is 8.85. The first-order valence-electron chi connectivity index (χ1n) is 8.99. The molecule has 0 N–H and O–H groups in total. The first-order valence-corrected chi connectivity index (χ1v) is 12.7. The number of rotatable bonds is 6. The Hall–Kier alpha value is -2.16. The van der Waals surface area contributed by atoms with Gasteiger partial charge in [-0.05, 0) is 45.2 Å². The summed E-state index contributed by atoms with van der Waals surface area (Å²) in [6.45, 7) is 0. The Balaban J connectivity index is 1.58. The maximum atomic E-state index is 11.1. The van der Waals surface area contributed by atoms with Crippen molar-refractivity contribution in [3.05, 3.63) is 108 Å². The van der Waals surface area contributed by atoms with Crippen molar-refractivity contribution < 1.29 is 28.0 Å². The van der Waals surface area contributed by atoms with Crippen LogP contribution in [0.15, 0.2) is 97.1 Å². The van der Waals surface area contributed by atoms with Crippen molar-refractivity contribution in [1.82, 2.24) is 0 Å². The summed E-state index contributed by atoms with van der Waals surface area (Å²) in [6, 6.07) is 27.7. The zero-order valence-electron chi connectivity index (χ0n) is 15.6. The number of hydrogen-bond acceptors (Lipinski definition) is 5. The van der Waals surface area contributed by atoms with E-state index in [0.717, 1.165) is 27.2 Å². The molecule has 7 heteroatoms. The van der Waals surface area contributed by atoms with Gasteiger partial charge >= 0.3 is 0 Å². The Bertz CT molecular complexity index is 1100. The van der Waals surface area contributed by atoms with Crippen LogP contribution in [0.25, 0.3) is 22.1 Å². The lowest BCUT2D eigenvalue weighted by molar-refractivity contribution is -1.91. The van der Waals surface area contributed by atoms with E-state index in [9.17, 15) is 14.0 Å². The predicted octanol–water partition coefficient (Wildman–Crippen LogP) is 3.34. The quantitative estimate of drug-likeness (QED) is 0.323. The van der Waals surface area contributed by atoms with Crippen molar-refractivity contribution in [3.8, 4) is 11.1 Å². The van der Waals surface area contributed by atoms with Crippen molar-refractivity contribution in [1.29, 1.82) is 0 Å². The van der Waals surface area contributed by atoms with Gasteiger partial charge in [0.2, 0.25) is 0 Å². The van der Waals surface area contributed by atoms with Gasteiger partial charge in [-0.3, -0.25) is 0 Å². The van der Waals surface area contributed by atoms with Crippen molar-refractivity contribution in [2.24, 2.45) is 0 Å². The van der Waals surface area contributed by atoms with E-state index in [1.54, 1.807) is 6.08 Å². The van der Waals surface area contributed by atoms with Gasteiger partial charge in [-0.15, -0.1) is 0 Å². The summed E-state index contributed by atoms with van der Waals surface area (Å²) in [5, 5.41) is 0. The van der Waals surface area contributed by atoms with Crippen LogP contribution >= 0.6 is 20.6 Å². The summed E-state index contributed by atoms with van der Waals surface area (Å²) in [7, 11) is -4.53. The number of halogens is 1. The molecule has 1 unspecified atom stereocenters. The summed E-state index contributed by atoms with van der Waals surface area (Å²) >= 11 is 0. The highest BCUT2D eigenvalue weighted by Crippen LogP contribution is 2.50. The average Bonchev–Trinajstić information content (AvgIpc) is 3.15. The summed E-state index contributed by atoms with van der Waals surface area (Å²) in [6.07, 6.45) is 5.54. The van der Waals surface area contributed by atoms with E-state index in [4.69, 9.17) is 3.74 Å². The summed E-state index contributed by atoms with van der Waals surface area (Å²) in [5.74, 6) is 0. The third kappa shape index (κ3) is 5.50. The first kappa shape index (κ1) is 21.1. The van der Waals surface area contributed by atoms with Gasteiger partial charge in [-0.25, -0.2) is 0 Å². The van der Waals surface area contributed by atoms with Gasteiger partial charge < -0.3 is 0 Å². The summed E-state index contributed by atoms with van der Waals surface area (Å²) in [4.78, 5) is 1.50. The maximum absolute atomic E-state index is 11.1. The molecule has 3 aromatic rings. The minimum Gasteiger partial charge on any atom is -0.182 e. The van der Waals surface area contributed by atoms with Crippen molar-refractivity contribution in [2.45, 2.75) is 0 Å². The molecule has 0 radical (unpaired) electrons. The smallest absolute Gasteiger partial charge is 0.179 e. The van der Waals surface area contributed by atoms with Crippen LogP contribution in [0, 0.1) is 10.2 Å². The highest BCUT2D eigenvalue weighted by atomic mass is 35.7. The van der Waals surface area contributed by atoms with Gasteiger partial charge in [0, 0.05) is 4.91 Å². The topological polar surface area (TPSA) is 78.4 Å². The Labute approximate surface area is 183 Å². The number of hydrogen-bond donors (Lipinski definition) is 0. The van der Waals surface area contributed by atoms with Gasteiger partial charge in [-0.2, -0.15) is 14.0 Å². The normalized spacial score (nSPS) is 16.8. The van der Waals surface area contributed by atoms with E-state index in [1.165, 1.54) is 10.8 Å². The molecule has 0 fully saturated rings. The van der Waals surface area contributed by atoms with Crippen LogP contribution in [-0.2, 0) is 3.74 Å². The number of allylic oxidation sites excluding steroid dienone is 2. The molecule has 0 spiro atoms. The molecule has 4 nitrogen and oxygen atoms in total. The fraction of sp³-hybridized carbons (Fsp3) is 0. The fourth-order valence-electron chi connectivity index (χ4n) is 2.88. The van der Waals surface area contributed by atoms with Crippen LogP contribution in [0.1, 0.15) is 11.1 Å². The van der Waals surface area contributed by atoms with Gasteiger partial charge in [0.05, 0.1) is 15.1 Å². The molecule has 0 amide bonds. The minimum atomic E-state index is -4.52. The summed E-state index contributed by atoms with van der Waals surface area (Å²) in [5.41, 5.74) is 4.15. The van der Waals surface area contributed by atoms with Gasteiger partial charge in [-0.1, -0.05) is 91.0 Å². The molecular formula is C23H17ClO4S2. The lowest BCUT2D eigenvalue weighted by Gasteiger charge is -2.12. The van der Waals surface area contributed by atoms with Crippen molar-refractivity contribution >= 4 is 36.4 Å². The van der Waals surface area contributed by atoms with E-state index in [1.807, 2.05) is 84.9 Å². The average molecular weight is 457 g/mol. The van der Waals surface area contributed by atoms with Crippen LogP contribution in [0.3, 0.4) is 0 Å². The van der Waals surface area contributed by atoms with Gasteiger partial charge in [0.15, 0.2) is 9.80 Å². The molecule has 3 aromatic carbocycles. The largest absolute Gasteiger partial charge is 0.182 e. The second-order valence-electron chi connectivity index (χ2n) is 6.36. The lowest BCUT2D eigenvalue weighted by atomic mass is 10.0. The van der Waals surface area contributed by atoms with Gasteiger partial charge in [0.25, 0.3) is 0 Å². The highest BCUT2D eigenvalue weighted by Gasteiger charge is 2.30. The Kier molecular flexibility index (Phi) is 6.55. The third-order valence-electron chi connectivity index (χ3n) is 4.28. The van der Waals surface area contributed by atoms with Crippen LogP contribution in [0.4, 0.5) is 0 Å². The molecule has 0 saturated heterocycles. The second kappa shape index (κ2) is 9.32. The lowest BCUT2D eigenvalue weighted by Crippen LogP contribution is -2.60. The van der Waals surface area contributed by atoms with E-state index in [2.05, 4.69) is 12.1 Å². The second-order valence-corrected chi connectivity index (χ2v) is 10.6. The standard InChI is InChI=1S/C23H17ClO4S2/c25-24(26,27)28-30-22(17-23(29-30)21-9-5-2-6-10-21)16-13-18-11-14-20(15-12-18)19-7-3-1-4-8-19/h1-17H/b16-13+. The predicted molar refractivity (Wildman–Crippen MR) is 117 cm³/mol. The Morgan fingerprint density at radius 3 is 1.87 bits per heavy atom. The SMILES string of the molecule is [O-][Cl+3]([O-])([O-])OS1=C(/C=C/c2ccc(-c3ccccc3)cc2)C=C(c2ccccc2)S1. The fourth-order valence-corrected chi connectivity index (χ4v) is 7.29. The molecule has 0 aromatic heterocycles. The first-order chi connectivity index (χ1) is 14.5. The summed E-state index contributed by atoms with van der Waals surface area (Å²) < 4.78 is 38.2. The van der Waals surface area contributed by atoms with Crippen LogP contribution in [-0.4, -0.2) is 4.86 Å². The van der Waals surface area contributed by atoms with E-state index in [0.29, 0.717) is 4.86 Å². The Morgan fingerprint density at radius 1 is 0.700 bits per heavy atom. The molecule has 1 heterocycles. The maximum Gasteiger partial charge on any atom is 0.179 e.